The van der Waals surface area contributed by atoms with E-state index in [1.807, 2.05) is 22.9 Å². The number of benzene rings is 2. The van der Waals surface area contributed by atoms with Gasteiger partial charge >= 0.3 is 0 Å². The fraction of sp³-hybridized carbons (Fsp3) is 0.0625. The number of fused-ring (bicyclic) bond motifs is 1. The standard InChI is InChI=1S/C16H10F2N2/c17-14-3-1-12(8-15(14)18)10-20-6-5-13-7-11(9-19)2-4-16(13)20/h1-8H,10H2. The molecule has 3 rings (SSSR count). The van der Waals surface area contributed by atoms with Crippen molar-refractivity contribution in [3.8, 4) is 6.07 Å². The summed E-state index contributed by atoms with van der Waals surface area (Å²) in [6.45, 7) is 0.451. The van der Waals surface area contributed by atoms with Gasteiger partial charge in [0.1, 0.15) is 0 Å². The van der Waals surface area contributed by atoms with Gasteiger partial charge in [-0.1, -0.05) is 6.07 Å². The van der Waals surface area contributed by atoms with Crippen molar-refractivity contribution >= 4 is 10.9 Å². The molecule has 0 radical (unpaired) electrons. The lowest BCUT2D eigenvalue weighted by Crippen LogP contribution is -1.99. The Balaban J connectivity index is 1.98. The van der Waals surface area contributed by atoms with Crippen molar-refractivity contribution < 1.29 is 8.78 Å². The van der Waals surface area contributed by atoms with Crippen LogP contribution in [-0.2, 0) is 6.54 Å². The van der Waals surface area contributed by atoms with Crippen LogP contribution in [0.3, 0.4) is 0 Å². The van der Waals surface area contributed by atoms with Gasteiger partial charge in [-0.3, -0.25) is 0 Å². The van der Waals surface area contributed by atoms with Gasteiger partial charge in [-0.15, -0.1) is 0 Å². The third-order valence-corrected chi connectivity index (χ3v) is 3.24. The van der Waals surface area contributed by atoms with Crippen molar-refractivity contribution in [2.24, 2.45) is 0 Å². The minimum Gasteiger partial charge on any atom is -0.343 e. The van der Waals surface area contributed by atoms with Crippen LogP contribution in [0.5, 0.6) is 0 Å². The zero-order valence-corrected chi connectivity index (χ0v) is 10.5. The molecule has 0 unspecified atom stereocenters. The molecule has 2 nitrogen and oxygen atoms in total. The Morgan fingerprint density at radius 2 is 1.85 bits per heavy atom. The van der Waals surface area contributed by atoms with E-state index < -0.39 is 11.6 Å². The van der Waals surface area contributed by atoms with Crippen LogP contribution in [0, 0.1) is 23.0 Å². The second kappa shape index (κ2) is 4.78. The molecule has 0 N–H and O–H groups in total. The van der Waals surface area contributed by atoms with Crippen LogP contribution in [0.4, 0.5) is 8.78 Å². The average molecular weight is 268 g/mol. The summed E-state index contributed by atoms with van der Waals surface area (Å²) in [5, 5.41) is 9.81. The number of hydrogen-bond acceptors (Lipinski definition) is 1. The molecular weight excluding hydrogens is 258 g/mol. The number of nitrogens with zero attached hydrogens (tertiary/aromatic N) is 2. The van der Waals surface area contributed by atoms with E-state index in [0.717, 1.165) is 17.0 Å². The largest absolute Gasteiger partial charge is 0.343 e. The maximum absolute atomic E-state index is 13.2. The molecule has 0 spiro atoms. The molecule has 3 aromatic rings. The van der Waals surface area contributed by atoms with Gasteiger partial charge in [0, 0.05) is 23.6 Å². The first-order valence-electron chi connectivity index (χ1n) is 6.10. The average Bonchev–Trinajstić information content (AvgIpc) is 2.85. The fourth-order valence-corrected chi connectivity index (χ4v) is 2.24. The molecule has 0 aliphatic heterocycles. The van der Waals surface area contributed by atoms with Gasteiger partial charge < -0.3 is 4.57 Å². The Morgan fingerprint density at radius 3 is 2.60 bits per heavy atom. The Morgan fingerprint density at radius 1 is 1.00 bits per heavy atom. The molecule has 0 fully saturated rings. The van der Waals surface area contributed by atoms with Gasteiger partial charge in [0.25, 0.3) is 0 Å². The van der Waals surface area contributed by atoms with Crippen LogP contribution in [-0.4, -0.2) is 4.57 Å². The number of hydrogen-bond donors (Lipinski definition) is 0. The van der Waals surface area contributed by atoms with Crippen molar-refractivity contribution in [2.75, 3.05) is 0 Å². The molecule has 0 aliphatic carbocycles. The van der Waals surface area contributed by atoms with Gasteiger partial charge in [0.15, 0.2) is 11.6 Å². The van der Waals surface area contributed by atoms with E-state index in [1.54, 1.807) is 18.2 Å². The molecule has 0 aliphatic rings. The van der Waals surface area contributed by atoms with E-state index in [4.69, 9.17) is 5.26 Å². The van der Waals surface area contributed by atoms with Crippen LogP contribution in [0.15, 0.2) is 48.7 Å². The van der Waals surface area contributed by atoms with E-state index >= 15 is 0 Å². The van der Waals surface area contributed by atoms with Gasteiger partial charge in [0.2, 0.25) is 0 Å². The molecule has 2 aromatic carbocycles. The van der Waals surface area contributed by atoms with Crippen molar-refractivity contribution in [3.63, 3.8) is 0 Å². The number of halogens is 2. The predicted octanol–water partition coefficient (Wildman–Crippen LogP) is 3.84. The summed E-state index contributed by atoms with van der Waals surface area (Å²) in [6.07, 6.45) is 1.87. The van der Waals surface area contributed by atoms with E-state index in [1.165, 1.54) is 6.07 Å². The highest BCUT2D eigenvalue weighted by molar-refractivity contribution is 5.81. The third kappa shape index (κ3) is 2.14. The molecule has 1 aromatic heterocycles. The highest BCUT2D eigenvalue weighted by atomic mass is 19.2. The number of rotatable bonds is 2. The van der Waals surface area contributed by atoms with E-state index in [2.05, 4.69) is 6.07 Å². The maximum Gasteiger partial charge on any atom is 0.159 e. The van der Waals surface area contributed by atoms with Gasteiger partial charge in [-0.25, -0.2) is 8.78 Å². The molecule has 0 saturated heterocycles. The van der Waals surface area contributed by atoms with E-state index in [-0.39, 0.29) is 0 Å². The SMILES string of the molecule is N#Cc1ccc2c(ccn2Cc2ccc(F)c(F)c2)c1. The van der Waals surface area contributed by atoms with Crippen LogP contribution >= 0.6 is 0 Å². The summed E-state index contributed by atoms with van der Waals surface area (Å²) in [6, 6.07) is 13.3. The summed E-state index contributed by atoms with van der Waals surface area (Å²) >= 11 is 0. The molecule has 0 amide bonds. The van der Waals surface area contributed by atoms with Crippen molar-refractivity contribution in [3.05, 3.63) is 71.4 Å². The van der Waals surface area contributed by atoms with Crippen LogP contribution in [0.2, 0.25) is 0 Å². The Labute approximate surface area is 114 Å². The van der Waals surface area contributed by atoms with Gasteiger partial charge in [-0.05, 0) is 42.0 Å². The predicted molar refractivity (Wildman–Crippen MR) is 72.1 cm³/mol. The molecular formula is C16H10F2N2. The Kier molecular flexibility index (Phi) is 2.96. The maximum atomic E-state index is 13.2. The van der Waals surface area contributed by atoms with Crippen LogP contribution < -0.4 is 0 Å². The smallest absolute Gasteiger partial charge is 0.159 e. The zero-order chi connectivity index (χ0) is 14.1. The summed E-state index contributed by atoms with van der Waals surface area (Å²) in [4.78, 5) is 0. The molecule has 20 heavy (non-hydrogen) atoms. The highest BCUT2D eigenvalue weighted by Crippen LogP contribution is 2.19. The molecule has 1 heterocycles. The normalized spacial score (nSPS) is 10.7. The second-order valence-electron chi connectivity index (χ2n) is 4.58. The first-order valence-corrected chi connectivity index (χ1v) is 6.10. The number of nitriles is 1. The first-order chi connectivity index (χ1) is 9.67. The van der Waals surface area contributed by atoms with E-state index in [0.29, 0.717) is 17.7 Å². The van der Waals surface area contributed by atoms with Crippen molar-refractivity contribution in [2.45, 2.75) is 6.54 Å². The molecule has 0 saturated carbocycles. The summed E-state index contributed by atoms with van der Waals surface area (Å²) < 4.78 is 28.0. The van der Waals surface area contributed by atoms with Gasteiger partial charge in [-0.2, -0.15) is 5.26 Å². The van der Waals surface area contributed by atoms with Crippen LogP contribution in [0.25, 0.3) is 10.9 Å². The molecule has 0 atom stereocenters. The lowest BCUT2D eigenvalue weighted by atomic mass is 10.1. The Bertz CT molecular complexity index is 828. The lowest BCUT2D eigenvalue weighted by molar-refractivity contribution is 0.506. The Hall–Kier alpha value is -2.67. The zero-order valence-electron chi connectivity index (χ0n) is 10.5. The van der Waals surface area contributed by atoms with Crippen molar-refractivity contribution in [1.29, 1.82) is 5.26 Å². The van der Waals surface area contributed by atoms with E-state index in [9.17, 15) is 8.78 Å². The first kappa shape index (κ1) is 12.4. The second-order valence-corrected chi connectivity index (χ2v) is 4.58. The monoisotopic (exact) mass is 268 g/mol. The quantitative estimate of drug-likeness (QED) is 0.694. The molecule has 98 valence electrons. The summed E-state index contributed by atoms with van der Waals surface area (Å²) in [5.41, 5.74) is 2.24. The third-order valence-electron chi connectivity index (χ3n) is 3.24. The number of aromatic nitrogens is 1. The minimum absolute atomic E-state index is 0.451. The molecule has 4 heteroatoms. The fourth-order valence-electron chi connectivity index (χ4n) is 2.24. The van der Waals surface area contributed by atoms with Crippen LogP contribution in [0.1, 0.15) is 11.1 Å². The summed E-state index contributed by atoms with van der Waals surface area (Å²) in [7, 11) is 0. The highest BCUT2D eigenvalue weighted by Gasteiger charge is 2.06. The molecule has 0 bridgehead atoms. The van der Waals surface area contributed by atoms with Crippen molar-refractivity contribution in [1.82, 2.24) is 4.57 Å². The minimum atomic E-state index is -0.843. The topological polar surface area (TPSA) is 28.7 Å². The van der Waals surface area contributed by atoms with Gasteiger partial charge in [0.05, 0.1) is 11.6 Å². The summed E-state index contributed by atoms with van der Waals surface area (Å²) in [5.74, 6) is -1.68. The lowest BCUT2D eigenvalue weighted by Gasteiger charge is -2.06.